The minimum absolute atomic E-state index is 0.0426. The number of nitrogens with zero attached hydrogens (tertiary/aromatic N) is 2. The number of ether oxygens (including phenoxy) is 1. The highest BCUT2D eigenvalue weighted by atomic mass is 32.1. The number of benzene rings is 1. The topological polar surface area (TPSA) is 43.6 Å². The maximum absolute atomic E-state index is 11.8. The summed E-state index contributed by atoms with van der Waals surface area (Å²) in [7, 11) is 1.94. The number of unbranched alkanes of at least 4 members (excludes halogenated alkanes) is 1. The highest BCUT2D eigenvalue weighted by Gasteiger charge is 2.06. The molecule has 5 heteroatoms. The van der Waals surface area contributed by atoms with Crippen LogP contribution in [0.15, 0.2) is 23.2 Å². The Bertz CT molecular complexity index is 670. The van der Waals surface area contributed by atoms with Crippen LogP contribution in [0.2, 0.25) is 0 Å². The Morgan fingerprint density at radius 2 is 2.20 bits per heavy atom. The van der Waals surface area contributed by atoms with Crippen LogP contribution in [0.5, 0.6) is 5.75 Å². The molecule has 0 unspecified atom stereocenters. The van der Waals surface area contributed by atoms with E-state index >= 15 is 0 Å². The minimum Gasteiger partial charge on any atom is -0.494 e. The third-order valence-corrected chi connectivity index (χ3v) is 4.15. The predicted octanol–water partition coefficient (Wildman–Crippen LogP) is 3.26. The van der Waals surface area contributed by atoms with E-state index in [-0.39, 0.29) is 5.91 Å². The van der Waals surface area contributed by atoms with Gasteiger partial charge in [-0.15, -0.1) is 0 Å². The van der Waals surface area contributed by atoms with Crippen LogP contribution < -0.4 is 9.54 Å². The van der Waals surface area contributed by atoms with Gasteiger partial charge in [-0.25, -0.2) is 0 Å². The molecule has 0 spiro atoms. The molecule has 1 aromatic heterocycles. The highest BCUT2D eigenvalue weighted by Crippen LogP contribution is 2.22. The lowest BCUT2D eigenvalue weighted by Gasteiger charge is -2.02. The molecule has 2 rings (SSSR count). The summed E-state index contributed by atoms with van der Waals surface area (Å²) in [6, 6.07) is 5.95. The number of aryl methyl sites for hydroxylation is 1. The van der Waals surface area contributed by atoms with Crippen molar-refractivity contribution in [3.05, 3.63) is 23.0 Å². The van der Waals surface area contributed by atoms with Gasteiger partial charge < -0.3 is 9.30 Å². The Kier molecular flexibility index (Phi) is 4.95. The van der Waals surface area contributed by atoms with Gasteiger partial charge in [-0.2, -0.15) is 4.99 Å². The van der Waals surface area contributed by atoms with Crippen LogP contribution in [0.1, 0.15) is 33.1 Å². The summed E-state index contributed by atoms with van der Waals surface area (Å²) in [6.45, 7) is 4.68. The Hall–Kier alpha value is -1.62. The zero-order valence-corrected chi connectivity index (χ0v) is 13.0. The third kappa shape index (κ3) is 3.28. The number of hydrogen-bond acceptors (Lipinski definition) is 3. The van der Waals surface area contributed by atoms with Crippen LogP contribution in [-0.4, -0.2) is 17.1 Å². The van der Waals surface area contributed by atoms with Crippen molar-refractivity contribution in [2.24, 2.45) is 12.0 Å². The molecule has 0 saturated heterocycles. The summed E-state index contributed by atoms with van der Waals surface area (Å²) in [5.41, 5.74) is 1.07. The van der Waals surface area contributed by atoms with Gasteiger partial charge >= 0.3 is 0 Å². The molecule has 2 aromatic rings. The molecule has 0 fully saturated rings. The molecular formula is C15H20N2O2S. The Balaban J connectivity index is 2.37. The molecule has 108 valence electrons. The van der Waals surface area contributed by atoms with Gasteiger partial charge in [-0.3, -0.25) is 4.79 Å². The van der Waals surface area contributed by atoms with Crippen LogP contribution in [-0.2, 0) is 11.8 Å². The van der Waals surface area contributed by atoms with Crippen molar-refractivity contribution in [1.82, 2.24) is 4.57 Å². The standard InChI is InChI=1S/C15H20N2O2S/c1-4-6-7-14(18)16-15-17(3)12-9-8-11(19-5-2)10-13(12)20-15/h8-10H,4-7H2,1-3H3. The van der Waals surface area contributed by atoms with E-state index in [0.717, 1.165) is 33.6 Å². The van der Waals surface area contributed by atoms with Crippen molar-refractivity contribution < 1.29 is 9.53 Å². The number of aromatic nitrogens is 1. The fourth-order valence-corrected chi connectivity index (χ4v) is 3.03. The Morgan fingerprint density at radius 1 is 1.40 bits per heavy atom. The number of fused-ring (bicyclic) bond motifs is 1. The molecule has 0 aliphatic rings. The summed E-state index contributed by atoms with van der Waals surface area (Å²) < 4.78 is 8.54. The Labute approximate surface area is 122 Å². The Morgan fingerprint density at radius 3 is 2.90 bits per heavy atom. The lowest BCUT2D eigenvalue weighted by Crippen LogP contribution is -2.12. The summed E-state index contributed by atoms with van der Waals surface area (Å²) in [5.74, 6) is 0.810. The second kappa shape index (κ2) is 6.70. The van der Waals surface area contributed by atoms with E-state index in [4.69, 9.17) is 4.74 Å². The summed E-state index contributed by atoms with van der Waals surface area (Å²) in [5, 5.41) is 0. The van der Waals surface area contributed by atoms with E-state index in [1.54, 1.807) is 0 Å². The number of hydrogen-bond donors (Lipinski definition) is 0. The van der Waals surface area contributed by atoms with E-state index in [9.17, 15) is 4.79 Å². The van der Waals surface area contributed by atoms with Gasteiger partial charge in [0.15, 0.2) is 4.80 Å². The molecule has 0 saturated carbocycles. The maximum atomic E-state index is 11.8. The van der Waals surface area contributed by atoms with Crippen molar-refractivity contribution in [2.75, 3.05) is 6.61 Å². The average Bonchev–Trinajstić information content (AvgIpc) is 2.73. The van der Waals surface area contributed by atoms with E-state index in [2.05, 4.69) is 11.9 Å². The SMILES string of the molecule is CCCCC(=O)N=c1sc2cc(OCC)ccc2n1C. The molecule has 0 aliphatic carbocycles. The molecule has 0 atom stereocenters. The van der Waals surface area contributed by atoms with E-state index in [1.165, 1.54) is 11.3 Å². The second-order valence-electron chi connectivity index (χ2n) is 4.62. The first-order chi connectivity index (χ1) is 9.65. The van der Waals surface area contributed by atoms with Gasteiger partial charge in [0.05, 0.1) is 16.8 Å². The molecule has 1 amide bonds. The van der Waals surface area contributed by atoms with Gasteiger partial charge in [-0.1, -0.05) is 24.7 Å². The van der Waals surface area contributed by atoms with E-state index in [0.29, 0.717) is 13.0 Å². The fourth-order valence-electron chi connectivity index (χ4n) is 1.97. The fraction of sp³-hybridized carbons (Fsp3) is 0.467. The molecule has 0 N–H and O–H groups in total. The van der Waals surface area contributed by atoms with Gasteiger partial charge in [-0.05, 0) is 31.5 Å². The second-order valence-corrected chi connectivity index (χ2v) is 5.62. The van der Waals surface area contributed by atoms with E-state index < -0.39 is 0 Å². The molecule has 4 nitrogen and oxygen atoms in total. The van der Waals surface area contributed by atoms with Crippen LogP contribution >= 0.6 is 11.3 Å². The molecular weight excluding hydrogens is 272 g/mol. The van der Waals surface area contributed by atoms with Crippen LogP contribution in [0.4, 0.5) is 0 Å². The number of amides is 1. The maximum Gasteiger partial charge on any atom is 0.248 e. The normalized spacial score (nSPS) is 12.1. The lowest BCUT2D eigenvalue weighted by molar-refractivity contribution is -0.118. The van der Waals surface area contributed by atoms with Crippen molar-refractivity contribution in [3.8, 4) is 5.75 Å². The van der Waals surface area contributed by atoms with Gasteiger partial charge in [0.2, 0.25) is 5.91 Å². The van der Waals surface area contributed by atoms with Crippen molar-refractivity contribution in [1.29, 1.82) is 0 Å². The quantitative estimate of drug-likeness (QED) is 0.849. The highest BCUT2D eigenvalue weighted by molar-refractivity contribution is 7.16. The average molecular weight is 292 g/mol. The molecule has 1 aromatic carbocycles. The number of rotatable bonds is 5. The van der Waals surface area contributed by atoms with Crippen LogP contribution in [0.25, 0.3) is 10.2 Å². The summed E-state index contributed by atoms with van der Waals surface area (Å²) >= 11 is 1.52. The first-order valence-corrected chi connectivity index (χ1v) is 7.77. The van der Waals surface area contributed by atoms with E-state index in [1.807, 2.05) is 36.7 Å². The van der Waals surface area contributed by atoms with Crippen LogP contribution in [0.3, 0.4) is 0 Å². The van der Waals surface area contributed by atoms with Crippen molar-refractivity contribution in [3.63, 3.8) is 0 Å². The van der Waals surface area contributed by atoms with Gasteiger partial charge in [0, 0.05) is 13.5 Å². The molecule has 20 heavy (non-hydrogen) atoms. The zero-order chi connectivity index (χ0) is 14.5. The van der Waals surface area contributed by atoms with Crippen LogP contribution in [0, 0.1) is 0 Å². The third-order valence-electron chi connectivity index (χ3n) is 3.06. The van der Waals surface area contributed by atoms with Crippen molar-refractivity contribution >= 4 is 27.5 Å². The molecule has 0 radical (unpaired) electrons. The number of thiazole rings is 1. The zero-order valence-electron chi connectivity index (χ0n) is 12.2. The monoisotopic (exact) mass is 292 g/mol. The number of carbonyl (C=O) groups excluding carboxylic acids is 1. The van der Waals surface area contributed by atoms with Gasteiger partial charge in [0.25, 0.3) is 0 Å². The van der Waals surface area contributed by atoms with Crippen molar-refractivity contribution in [2.45, 2.75) is 33.1 Å². The smallest absolute Gasteiger partial charge is 0.248 e. The number of carbonyl (C=O) groups is 1. The minimum atomic E-state index is -0.0426. The summed E-state index contributed by atoms with van der Waals surface area (Å²) in [4.78, 5) is 16.7. The molecule has 1 heterocycles. The van der Waals surface area contributed by atoms with Gasteiger partial charge in [0.1, 0.15) is 5.75 Å². The molecule has 0 aliphatic heterocycles. The first-order valence-electron chi connectivity index (χ1n) is 6.95. The lowest BCUT2D eigenvalue weighted by atomic mass is 10.2. The largest absolute Gasteiger partial charge is 0.494 e. The molecule has 0 bridgehead atoms. The first kappa shape index (κ1) is 14.8. The summed E-state index contributed by atoms with van der Waals surface area (Å²) in [6.07, 6.45) is 2.43. The predicted molar refractivity (Wildman–Crippen MR) is 82.1 cm³/mol.